The Morgan fingerprint density at radius 2 is 2.29 bits per heavy atom. The van der Waals surface area contributed by atoms with E-state index >= 15 is 0 Å². The highest BCUT2D eigenvalue weighted by Gasteiger charge is 2.30. The van der Waals surface area contributed by atoms with Gasteiger partial charge in [-0.1, -0.05) is 19.9 Å². The molecule has 2 aromatic rings. The standard InChI is InChI=1S/C16H22N4O/c1-12(2)9-14-16(21)17-6-8-19(14)11-13-10-18-15-5-3-4-7-20(13)15/h3-5,7,10,12,14H,6,8-9,11H2,1-2H3,(H,17,21)/t14-/m0/s1. The van der Waals surface area contributed by atoms with Crippen molar-refractivity contribution in [3.05, 3.63) is 36.3 Å². The van der Waals surface area contributed by atoms with Crippen LogP contribution in [0.4, 0.5) is 0 Å². The third-order valence-corrected chi connectivity index (χ3v) is 4.00. The summed E-state index contributed by atoms with van der Waals surface area (Å²) in [5.41, 5.74) is 2.09. The second-order valence-electron chi connectivity index (χ2n) is 6.09. The van der Waals surface area contributed by atoms with Crippen molar-refractivity contribution < 1.29 is 4.79 Å². The second-order valence-corrected chi connectivity index (χ2v) is 6.09. The van der Waals surface area contributed by atoms with Gasteiger partial charge >= 0.3 is 0 Å². The van der Waals surface area contributed by atoms with Gasteiger partial charge < -0.3 is 9.72 Å². The van der Waals surface area contributed by atoms with E-state index in [-0.39, 0.29) is 11.9 Å². The molecule has 0 saturated carbocycles. The molecule has 5 nitrogen and oxygen atoms in total. The molecule has 1 fully saturated rings. The molecule has 0 spiro atoms. The van der Waals surface area contributed by atoms with E-state index in [1.54, 1.807) is 0 Å². The van der Waals surface area contributed by atoms with E-state index in [0.29, 0.717) is 5.92 Å². The average Bonchev–Trinajstić information content (AvgIpc) is 2.86. The summed E-state index contributed by atoms with van der Waals surface area (Å²) in [6.07, 6.45) is 4.83. The summed E-state index contributed by atoms with van der Waals surface area (Å²) in [6, 6.07) is 5.96. The lowest BCUT2D eigenvalue weighted by Crippen LogP contribution is -2.55. The highest BCUT2D eigenvalue weighted by Crippen LogP contribution is 2.18. The molecule has 0 unspecified atom stereocenters. The molecule has 21 heavy (non-hydrogen) atoms. The first-order chi connectivity index (χ1) is 10.1. The Labute approximate surface area is 125 Å². The molecule has 3 heterocycles. The first-order valence-electron chi connectivity index (χ1n) is 7.58. The molecular weight excluding hydrogens is 264 g/mol. The minimum atomic E-state index is -0.0342. The minimum absolute atomic E-state index is 0.0342. The number of carbonyl (C=O) groups is 1. The van der Waals surface area contributed by atoms with Crippen LogP contribution in [0.15, 0.2) is 30.6 Å². The van der Waals surface area contributed by atoms with Crippen LogP contribution >= 0.6 is 0 Å². The molecule has 0 aromatic carbocycles. The van der Waals surface area contributed by atoms with Crippen molar-refractivity contribution >= 4 is 11.6 Å². The van der Waals surface area contributed by atoms with Gasteiger partial charge in [-0.25, -0.2) is 4.98 Å². The van der Waals surface area contributed by atoms with E-state index in [1.807, 2.05) is 30.6 Å². The van der Waals surface area contributed by atoms with Gasteiger partial charge in [-0.2, -0.15) is 0 Å². The number of rotatable bonds is 4. The van der Waals surface area contributed by atoms with Gasteiger partial charge in [-0.05, 0) is 24.5 Å². The lowest BCUT2D eigenvalue weighted by Gasteiger charge is -2.35. The molecule has 0 aliphatic carbocycles. The van der Waals surface area contributed by atoms with Gasteiger partial charge in [0.25, 0.3) is 0 Å². The molecule has 1 N–H and O–H groups in total. The zero-order chi connectivity index (χ0) is 14.8. The highest BCUT2D eigenvalue weighted by molar-refractivity contribution is 5.82. The number of hydrogen-bond acceptors (Lipinski definition) is 3. The number of piperazine rings is 1. The average molecular weight is 286 g/mol. The van der Waals surface area contributed by atoms with Crippen LogP contribution in [0.5, 0.6) is 0 Å². The van der Waals surface area contributed by atoms with Crippen LogP contribution in [0.3, 0.4) is 0 Å². The third-order valence-electron chi connectivity index (χ3n) is 4.00. The Kier molecular flexibility index (Phi) is 3.92. The number of carbonyl (C=O) groups excluding carboxylic acids is 1. The lowest BCUT2D eigenvalue weighted by molar-refractivity contribution is -0.130. The van der Waals surface area contributed by atoms with Gasteiger partial charge in [0.05, 0.1) is 17.9 Å². The Morgan fingerprint density at radius 1 is 1.43 bits per heavy atom. The molecule has 112 valence electrons. The predicted molar refractivity (Wildman–Crippen MR) is 81.9 cm³/mol. The molecule has 1 atom stereocenters. The quantitative estimate of drug-likeness (QED) is 0.930. The fraction of sp³-hybridized carbons (Fsp3) is 0.500. The summed E-state index contributed by atoms with van der Waals surface area (Å²) in [4.78, 5) is 18.9. The van der Waals surface area contributed by atoms with Gasteiger partial charge in [-0.15, -0.1) is 0 Å². The Morgan fingerprint density at radius 3 is 3.10 bits per heavy atom. The fourth-order valence-electron chi connectivity index (χ4n) is 2.96. The minimum Gasteiger partial charge on any atom is -0.353 e. The van der Waals surface area contributed by atoms with Crippen molar-refractivity contribution in [2.24, 2.45) is 5.92 Å². The molecule has 1 saturated heterocycles. The maximum absolute atomic E-state index is 12.2. The molecule has 0 bridgehead atoms. The molecule has 1 aliphatic heterocycles. The molecule has 1 amide bonds. The summed E-state index contributed by atoms with van der Waals surface area (Å²) in [5, 5.41) is 2.98. The molecule has 1 aliphatic rings. The molecule has 2 aromatic heterocycles. The van der Waals surface area contributed by atoms with Gasteiger partial charge in [-0.3, -0.25) is 9.69 Å². The predicted octanol–water partition coefficient (Wildman–Crippen LogP) is 1.68. The fourth-order valence-corrected chi connectivity index (χ4v) is 2.96. The molecular formula is C16H22N4O. The summed E-state index contributed by atoms with van der Waals surface area (Å²) in [6.45, 7) is 6.70. The van der Waals surface area contributed by atoms with Gasteiger partial charge in [0.2, 0.25) is 5.91 Å². The van der Waals surface area contributed by atoms with Gasteiger partial charge in [0, 0.05) is 25.8 Å². The third kappa shape index (κ3) is 2.93. The summed E-state index contributed by atoms with van der Waals surface area (Å²) in [5.74, 6) is 0.660. The van der Waals surface area contributed by atoms with E-state index in [9.17, 15) is 4.79 Å². The van der Waals surface area contributed by atoms with Crippen LogP contribution in [-0.4, -0.2) is 39.3 Å². The first kappa shape index (κ1) is 14.1. The van der Waals surface area contributed by atoms with Crippen LogP contribution in [0.25, 0.3) is 5.65 Å². The molecule has 5 heteroatoms. The van der Waals surface area contributed by atoms with E-state index in [4.69, 9.17) is 0 Å². The Balaban J connectivity index is 1.82. The topological polar surface area (TPSA) is 49.6 Å². The van der Waals surface area contributed by atoms with Crippen molar-refractivity contribution in [1.29, 1.82) is 0 Å². The van der Waals surface area contributed by atoms with Crippen molar-refractivity contribution in [1.82, 2.24) is 19.6 Å². The number of pyridine rings is 1. The van der Waals surface area contributed by atoms with Crippen molar-refractivity contribution in [3.8, 4) is 0 Å². The molecule has 3 rings (SSSR count). The number of aromatic nitrogens is 2. The van der Waals surface area contributed by atoms with Crippen molar-refractivity contribution in [2.75, 3.05) is 13.1 Å². The SMILES string of the molecule is CC(C)C[C@H]1C(=O)NCCN1Cc1cnc2ccccn12. The number of nitrogens with zero attached hydrogens (tertiary/aromatic N) is 3. The summed E-state index contributed by atoms with van der Waals surface area (Å²) < 4.78 is 2.10. The van der Waals surface area contributed by atoms with Crippen molar-refractivity contribution in [3.63, 3.8) is 0 Å². The highest BCUT2D eigenvalue weighted by atomic mass is 16.2. The van der Waals surface area contributed by atoms with Gasteiger partial charge in [0.1, 0.15) is 5.65 Å². The van der Waals surface area contributed by atoms with Crippen LogP contribution in [0.2, 0.25) is 0 Å². The van der Waals surface area contributed by atoms with Crippen LogP contribution in [0.1, 0.15) is 26.0 Å². The summed E-state index contributed by atoms with van der Waals surface area (Å²) in [7, 11) is 0. The number of fused-ring (bicyclic) bond motifs is 1. The smallest absolute Gasteiger partial charge is 0.237 e. The lowest BCUT2D eigenvalue weighted by atomic mass is 10.00. The number of imidazole rings is 1. The van der Waals surface area contributed by atoms with E-state index in [1.165, 1.54) is 0 Å². The zero-order valence-electron chi connectivity index (χ0n) is 12.6. The Bertz CT molecular complexity index is 634. The number of amides is 1. The summed E-state index contributed by atoms with van der Waals surface area (Å²) >= 11 is 0. The zero-order valence-corrected chi connectivity index (χ0v) is 12.6. The molecule has 0 radical (unpaired) electrons. The number of nitrogens with one attached hydrogen (secondary N) is 1. The number of hydrogen-bond donors (Lipinski definition) is 1. The van der Waals surface area contributed by atoms with Gasteiger partial charge in [0.15, 0.2) is 0 Å². The van der Waals surface area contributed by atoms with Crippen LogP contribution < -0.4 is 5.32 Å². The first-order valence-corrected chi connectivity index (χ1v) is 7.58. The van der Waals surface area contributed by atoms with Crippen LogP contribution in [-0.2, 0) is 11.3 Å². The normalized spacial score (nSPS) is 20.1. The maximum atomic E-state index is 12.2. The van der Waals surface area contributed by atoms with E-state index < -0.39 is 0 Å². The monoisotopic (exact) mass is 286 g/mol. The largest absolute Gasteiger partial charge is 0.353 e. The maximum Gasteiger partial charge on any atom is 0.237 e. The van der Waals surface area contributed by atoms with Crippen LogP contribution in [0, 0.1) is 5.92 Å². The van der Waals surface area contributed by atoms with E-state index in [0.717, 1.165) is 37.4 Å². The van der Waals surface area contributed by atoms with Crippen molar-refractivity contribution in [2.45, 2.75) is 32.9 Å². The second kappa shape index (κ2) is 5.85. The van der Waals surface area contributed by atoms with E-state index in [2.05, 4.69) is 33.4 Å². The Hall–Kier alpha value is -1.88.